The maximum atomic E-state index is 13.6. The molecular weight excluding hydrogens is 255 g/mol. The predicted octanol–water partition coefficient (Wildman–Crippen LogP) is 0.911. The van der Waals surface area contributed by atoms with Crippen LogP contribution in [-0.2, 0) is 16.6 Å². The van der Waals surface area contributed by atoms with Gasteiger partial charge in [0, 0.05) is 33.7 Å². The predicted molar refractivity (Wildman–Crippen MR) is 69.9 cm³/mol. The van der Waals surface area contributed by atoms with Gasteiger partial charge in [0.15, 0.2) is 0 Å². The standard InChI is InChI=1S/C12H17FN2O2S/c1-8(14)4-5-18(17)7-10-3-2-9(12(15)16)6-11(10)13/h2-3,6,8H,4-5,7,14H2,1H3,(H2,15,16). The molecule has 1 aromatic carbocycles. The number of carbonyl (C=O) groups excluding carboxylic acids is 1. The van der Waals surface area contributed by atoms with Gasteiger partial charge in [-0.25, -0.2) is 4.39 Å². The molecule has 1 rings (SSSR count). The molecule has 2 atom stereocenters. The summed E-state index contributed by atoms with van der Waals surface area (Å²) >= 11 is 0. The monoisotopic (exact) mass is 272 g/mol. The normalized spacial score (nSPS) is 14.2. The van der Waals surface area contributed by atoms with Crippen LogP contribution in [0.1, 0.15) is 29.3 Å². The number of benzene rings is 1. The average Bonchev–Trinajstić information content (AvgIpc) is 2.29. The quantitative estimate of drug-likeness (QED) is 0.807. The van der Waals surface area contributed by atoms with Crippen LogP contribution in [0.2, 0.25) is 0 Å². The first-order valence-corrected chi connectivity index (χ1v) is 7.07. The molecule has 0 fully saturated rings. The van der Waals surface area contributed by atoms with Crippen LogP contribution in [0.5, 0.6) is 0 Å². The van der Waals surface area contributed by atoms with Crippen molar-refractivity contribution in [2.75, 3.05) is 5.75 Å². The zero-order valence-electron chi connectivity index (χ0n) is 10.2. The van der Waals surface area contributed by atoms with Crippen molar-refractivity contribution < 1.29 is 13.4 Å². The van der Waals surface area contributed by atoms with Crippen LogP contribution < -0.4 is 11.5 Å². The third-order valence-electron chi connectivity index (χ3n) is 2.45. The zero-order chi connectivity index (χ0) is 13.7. The van der Waals surface area contributed by atoms with Crippen LogP contribution in [0, 0.1) is 5.82 Å². The van der Waals surface area contributed by atoms with Gasteiger partial charge in [0.1, 0.15) is 5.82 Å². The molecule has 0 aliphatic carbocycles. The molecule has 0 radical (unpaired) electrons. The lowest BCUT2D eigenvalue weighted by atomic mass is 10.1. The maximum Gasteiger partial charge on any atom is 0.248 e. The molecule has 0 heterocycles. The summed E-state index contributed by atoms with van der Waals surface area (Å²) in [5, 5.41) is 0. The molecule has 1 aromatic rings. The van der Waals surface area contributed by atoms with Crippen molar-refractivity contribution in [2.24, 2.45) is 11.5 Å². The Morgan fingerprint density at radius 1 is 1.50 bits per heavy atom. The van der Waals surface area contributed by atoms with Gasteiger partial charge in [0.05, 0.1) is 5.75 Å². The van der Waals surface area contributed by atoms with E-state index in [0.717, 1.165) is 6.07 Å². The van der Waals surface area contributed by atoms with Crippen molar-refractivity contribution in [2.45, 2.75) is 25.1 Å². The van der Waals surface area contributed by atoms with Gasteiger partial charge in [-0.3, -0.25) is 9.00 Å². The van der Waals surface area contributed by atoms with E-state index in [0.29, 0.717) is 17.7 Å². The number of amides is 1. The molecule has 6 heteroatoms. The second-order valence-electron chi connectivity index (χ2n) is 4.22. The van der Waals surface area contributed by atoms with E-state index >= 15 is 0 Å². The molecule has 18 heavy (non-hydrogen) atoms. The number of carbonyl (C=O) groups is 1. The summed E-state index contributed by atoms with van der Waals surface area (Å²) in [5.41, 5.74) is 11.0. The molecule has 0 bridgehead atoms. The molecule has 100 valence electrons. The molecule has 0 spiro atoms. The summed E-state index contributed by atoms with van der Waals surface area (Å²) in [6.07, 6.45) is 0.633. The largest absolute Gasteiger partial charge is 0.366 e. The van der Waals surface area contributed by atoms with E-state index in [1.54, 1.807) is 0 Å². The Bertz CT molecular complexity index is 463. The minimum absolute atomic E-state index is 0.0176. The maximum absolute atomic E-state index is 13.6. The van der Waals surface area contributed by atoms with Crippen molar-refractivity contribution in [1.29, 1.82) is 0 Å². The number of hydrogen-bond donors (Lipinski definition) is 2. The topological polar surface area (TPSA) is 86.2 Å². The Morgan fingerprint density at radius 2 is 2.17 bits per heavy atom. The van der Waals surface area contributed by atoms with Crippen molar-refractivity contribution in [1.82, 2.24) is 0 Å². The number of nitrogens with two attached hydrogens (primary N) is 2. The number of primary amides is 1. The van der Waals surface area contributed by atoms with Crippen molar-refractivity contribution in [3.63, 3.8) is 0 Å². The Labute approximate surface area is 108 Å². The van der Waals surface area contributed by atoms with Crippen molar-refractivity contribution >= 4 is 16.7 Å². The van der Waals surface area contributed by atoms with E-state index in [9.17, 15) is 13.4 Å². The van der Waals surface area contributed by atoms with Crippen molar-refractivity contribution in [3.05, 3.63) is 35.1 Å². The number of rotatable bonds is 6. The average molecular weight is 272 g/mol. The van der Waals surface area contributed by atoms with Gasteiger partial charge >= 0.3 is 0 Å². The molecule has 1 amide bonds. The Kier molecular flexibility index (Phi) is 5.43. The van der Waals surface area contributed by atoms with E-state index in [1.165, 1.54) is 12.1 Å². The minimum Gasteiger partial charge on any atom is -0.366 e. The molecule has 0 aliphatic heterocycles. The fourth-order valence-electron chi connectivity index (χ4n) is 1.38. The van der Waals surface area contributed by atoms with Gasteiger partial charge in [0.2, 0.25) is 5.91 Å². The first kappa shape index (κ1) is 14.8. The molecule has 2 unspecified atom stereocenters. The second-order valence-corrected chi connectivity index (χ2v) is 5.80. The Hall–Kier alpha value is -1.27. The van der Waals surface area contributed by atoms with Gasteiger partial charge in [0.25, 0.3) is 0 Å². The highest BCUT2D eigenvalue weighted by molar-refractivity contribution is 7.84. The van der Waals surface area contributed by atoms with Crippen LogP contribution in [0.4, 0.5) is 4.39 Å². The van der Waals surface area contributed by atoms with E-state index in [-0.39, 0.29) is 17.4 Å². The highest BCUT2D eigenvalue weighted by Crippen LogP contribution is 2.13. The Morgan fingerprint density at radius 3 is 2.67 bits per heavy atom. The van der Waals surface area contributed by atoms with E-state index < -0.39 is 22.5 Å². The lowest BCUT2D eigenvalue weighted by molar-refractivity contribution is 0.1000. The van der Waals surface area contributed by atoms with Crippen LogP contribution in [0.15, 0.2) is 18.2 Å². The van der Waals surface area contributed by atoms with E-state index in [2.05, 4.69) is 0 Å². The fourth-order valence-corrected chi connectivity index (χ4v) is 2.74. The van der Waals surface area contributed by atoms with Gasteiger partial charge < -0.3 is 11.5 Å². The van der Waals surface area contributed by atoms with Crippen LogP contribution >= 0.6 is 0 Å². The fraction of sp³-hybridized carbons (Fsp3) is 0.417. The first-order chi connectivity index (χ1) is 8.40. The lowest BCUT2D eigenvalue weighted by Gasteiger charge is -2.07. The minimum atomic E-state index is -1.16. The highest BCUT2D eigenvalue weighted by atomic mass is 32.2. The van der Waals surface area contributed by atoms with Crippen LogP contribution in [0.25, 0.3) is 0 Å². The zero-order valence-corrected chi connectivity index (χ0v) is 11.0. The summed E-state index contributed by atoms with van der Waals surface area (Å²) in [6.45, 7) is 1.83. The molecule has 0 aromatic heterocycles. The SMILES string of the molecule is CC(N)CCS(=O)Cc1ccc(C(N)=O)cc1F. The third kappa shape index (κ3) is 4.54. The summed E-state index contributed by atoms with van der Waals surface area (Å²) in [6, 6.07) is 3.93. The lowest BCUT2D eigenvalue weighted by Crippen LogP contribution is -2.18. The van der Waals surface area contributed by atoms with Gasteiger partial charge in [-0.1, -0.05) is 6.07 Å². The summed E-state index contributed by atoms with van der Waals surface area (Å²) in [4.78, 5) is 10.8. The first-order valence-electron chi connectivity index (χ1n) is 5.59. The highest BCUT2D eigenvalue weighted by Gasteiger charge is 2.10. The number of halogens is 1. The van der Waals surface area contributed by atoms with Crippen LogP contribution in [0.3, 0.4) is 0 Å². The molecule has 0 saturated heterocycles. The molecule has 0 saturated carbocycles. The molecule has 0 aliphatic rings. The number of hydrogen-bond acceptors (Lipinski definition) is 3. The van der Waals surface area contributed by atoms with E-state index in [1.807, 2.05) is 6.92 Å². The van der Waals surface area contributed by atoms with E-state index in [4.69, 9.17) is 11.5 Å². The van der Waals surface area contributed by atoms with Gasteiger partial charge in [-0.05, 0) is 25.5 Å². The van der Waals surface area contributed by atoms with Crippen molar-refractivity contribution in [3.8, 4) is 0 Å². The molecular formula is C12H17FN2O2S. The van der Waals surface area contributed by atoms with Crippen LogP contribution in [-0.4, -0.2) is 21.9 Å². The summed E-state index contributed by atoms with van der Waals surface area (Å²) in [7, 11) is -1.16. The smallest absolute Gasteiger partial charge is 0.248 e. The molecule has 4 N–H and O–H groups in total. The summed E-state index contributed by atoms with van der Waals surface area (Å²) in [5.74, 6) is -0.675. The third-order valence-corrected chi connectivity index (χ3v) is 3.78. The Balaban J connectivity index is 2.68. The second kappa shape index (κ2) is 6.61. The van der Waals surface area contributed by atoms with Gasteiger partial charge in [-0.2, -0.15) is 0 Å². The summed E-state index contributed by atoms with van der Waals surface area (Å²) < 4.78 is 25.3. The van der Waals surface area contributed by atoms with Gasteiger partial charge in [-0.15, -0.1) is 0 Å². The molecule has 4 nitrogen and oxygen atoms in total.